The Bertz CT molecular complexity index is 1160. The molecule has 2 atom stereocenters. The maximum Gasteiger partial charge on any atom is 0.195 e. The molecule has 0 aliphatic carbocycles. The summed E-state index contributed by atoms with van der Waals surface area (Å²) in [7, 11) is 0. The Kier molecular flexibility index (Phi) is 6.62. The van der Waals surface area contributed by atoms with Gasteiger partial charge in [-0.3, -0.25) is 4.79 Å². The third-order valence-corrected chi connectivity index (χ3v) is 7.28. The van der Waals surface area contributed by atoms with E-state index in [9.17, 15) is 4.79 Å². The summed E-state index contributed by atoms with van der Waals surface area (Å²) in [6.07, 6.45) is 1.06. The van der Waals surface area contributed by atoms with Crippen LogP contribution in [-0.2, 0) is 0 Å². The average molecular weight is 428 g/mol. The molecule has 0 aliphatic rings. The van der Waals surface area contributed by atoms with Crippen molar-refractivity contribution in [2.75, 3.05) is 5.75 Å². The molecule has 3 aromatic carbocycles. The molecule has 2 unspecified atom stereocenters. The predicted octanol–water partition coefficient (Wildman–Crippen LogP) is 7.63. The maximum atomic E-state index is 13.4. The van der Waals surface area contributed by atoms with Gasteiger partial charge in [-0.1, -0.05) is 78.9 Å². The Morgan fingerprint density at radius 3 is 2.19 bits per heavy atom. The molecule has 0 amide bonds. The molecular formula is C28H29NOS. The highest BCUT2D eigenvalue weighted by molar-refractivity contribution is 7.99. The smallest absolute Gasteiger partial charge is 0.195 e. The van der Waals surface area contributed by atoms with Gasteiger partial charge >= 0.3 is 0 Å². The molecule has 2 nitrogen and oxygen atoms in total. The molecule has 4 aromatic rings. The summed E-state index contributed by atoms with van der Waals surface area (Å²) in [5.74, 6) is 1.18. The topological polar surface area (TPSA) is 22.0 Å². The van der Waals surface area contributed by atoms with Gasteiger partial charge in [-0.25, -0.2) is 0 Å². The Labute approximate surface area is 189 Å². The fraction of sp³-hybridized carbons (Fsp3) is 0.250. The standard InChI is InChI=1S/C28H29NOS/c1-20(18-19-31-22(3)23-12-6-4-7-13-23)29-21(2)27(25-16-10-11-17-26(25)29)28(30)24-14-8-5-9-15-24/h4-17,20,22H,18-19H2,1-3H3. The van der Waals surface area contributed by atoms with Crippen LogP contribution in [0, 0.1) is 6.92 Å². The fourth-order valence-corrected chi connectivity index (χ4v) is 5.52. The second kappa shape index (κ2) is 9.57. The van der Waals surface area contributed by atoms with Crippen molar-refractivity contribution in [2.24, 2.45) is 0 Å². The number of nitrogens with zero attached hydrogens (tertiary/aromatic N) is 1. The second-order valence-corrected chi connectivity index (χ2v) is 9.55. The first kappa shape index (κ1) is 21.5. The number of rotatable bonds is 8. The maximum absolute atomic E-state index is 13.4. The van der Waals surface area contributed by atoms with Gasteiger partial charge in [-0.15, -0.1) is 0 Å². The summed E-state index contributed by atoms with van der Waals surface area (Å²) in [6.45, 7) is 6.63. The number of aromatic nitrogens is 1. The van der Waals surface area contributed by atoms with Crippen molar-refractivity contribution < 1.29 is 4.79 Å². The van der Waals surface area contributed by atoms with E-state index in [2.05, 4.69) is 73.9 Å². The SMILES string of the molecule is Cc1c(C(=O)c2ccccc2)c2ccccc2n1C(C)CCSC(C)c1ccccc1. The lowest BCUT2D eigenvalue weighted by Crippen LogP contribution is -2.10. The van der Waals surface area contributed by atoms with Gasteiger partial charge in [0.2, 0.25) is 0 Å². The van der Waals surface area contributed by atoms with E-state index in [0.717, 1.165) is 39.9 Å². The first-order chi connectivity index (χ1) is 15.1. The Morgan fingerprint density at radius 1 is 0.871 bits per heavy atom. The molecule has 0 spiro atoms. The minimum Gasteiger partial charge on any atom is -0.341 e. The van der Waals surface area contributed by atoms with Crippen LogP contribution in [0.1, 0.15) is 58.7 Å². The molecule has 0 fully saturated rings. The van der Waals surface area contributed by atoms with E-state index in [0.29, 0.717) is 11.3 Å². The highest BCUT2D eigenvalue weighted by Crippen LogP contribution is 2.34. The molecular weight excluding hydrogens is 398 g/mol. The molecule has 31 heavy (non-hydrogen) atoms. The van der Waals surface area contributed by atoms with E-state index in [1.165, 1.54) is 5.56 Å². The largest absolute Gasteiger partial charge is 0.341 e. The number of carbonyl (C=O) groups is 1. The quantitative estimate of drug-likeness (QED) is 0.270. The summed E-state index contributed by atoms with van der Waals surface area (Å²) in [4.78, 5) is 13.4. The van der Waals surface area contributed by atoms with Gasteiger partial charge in [-0.2, -0.15) is 11.8 Å². The molecule has 0 radical (unpaired) electrons. The molecule has 158 valence electrons. The predicted molar refractivity (Wildman–Crippen MR) is 133 cm³/mol. The minimum atomic E-state index is 0.104. The number of ketones is 1. The molecule has 0 N–H and O–H groups in total. The fourth-order valence-electron chi connectivity index (χ4n) is 4.34. The van der Waals surface area contributed by atoms with Gasteiger partial charge in [0.1, 0.15) is 0 Å². The van der Waals surface area contributed by atoms with Crippen molar-refractivity contribution >= 4 is 28.4 Å². The van der Waals surface area contributed by atoms with E-state index >= 15 is 0 Å². The average Bonchev–Trinajstić information content (AvgIpc) is 3.11. The summed E-state index contributed by atoms with van der Waals surface area (Å²) in [5.41, 5.74) is 5.15. The van der Waals surface area contributed by atoms with Crippen LogP contribution < -0.4 is 0 Å². The van der Waals surface area contributed by atoms with Crippen molar-refractivity contribution in [1.82, 2.24) is 4.57 Å². The number of fused-ring (bicyclic) bond motifs is 1. The number of hydrogen-bond donors (Lipinski definition) is 0. The Balaban J connectivity index is 1.57. The highest BCUT2D eigenvalue weighted by atomic mass is 32.2. The van der Waals surface area contributed by atoms with Crippen molar-refractivity contribution in [2.45, 2.75) is 38.5 Å². The monoisotopic (exact) mass is 427 g/mol. The van der Waals surface area contributed by atoms with Gasteiger partial charge in [0.25, 0.3) is 0 Å². The van der Waals surface area contributed by atoms with Crippen LogP contribution in [0.4, 0.5) is 0 Å². The molecule has 1 aromatic heterocycles. The molecule has 4 rings (SSSR count). The summed E-state index contributed by atoms with van der Waals surface area (Å²) in [6, 6.07) is 28.9. The highest BCUT2D eigenvalue weighted by Gasteiger charge is 2.23. The lowest BCUT2D eigenvalue weighted by atomic mass is 10.0. The van der Waals surface area contributed by atoms with Crippen LogP contribution in [0.25, 0.3) is 10.9 Å². The van der Waals surface area contributed by atoms with Crippen LogP contribution in [0.15, 0.2) is 84.9 Å². The molecule has 0 aliphatic heterocycles. The van der Waals surface area contributed by atoms with E-state index in [1.54, 1.807) is 0 Å². The van der Waals surface area contributed by atoms with Crippen molar-refractivity contribution in [3.8, 4) is 0 Å². The number of thioether (sulfide) groups is 1. The molecule has 0 saturated carbocycles. The molecule has 3 heteroatoms. The number of hydrogen-bond acceptors (Lipinski definition) is 2. The van der Waals surface area contributed by atoms with Gasteiger partial charge in [0, 0.05) is 33.5 Å². The lowest BCUT2D eigenvalue weighted by molar-refractivity contribution is 0.103. The summed E-state index contributed by atoms with van der Waals surface area (Å²) in [5, 5.41) is 1.53. The number of benzene rings is 3. The van der Waals surface area contributed by atoms with Gasteiger partial charge in [0.05, 0.1) is 5.56 Å². The zero-order valence-electron chi connectivity index (χ0n) is 18.4. The molecule has 1 heterocycles. The van der Waals surface area contributed by atoms with Crippen molar-refractivity contribution in [1.29, 1.82) is 0 Å². The zero-order chi connectivity index (χ0) is 21.8. The van der Waals surface area contributed by atoms with Gasteiger partial charge in [-0.05, 0) is 44.6 Å². The molecule has 0 bridgehead atoms. The first-order valence-electron chi connectivity index (χ1n) is 10.9. The number of carbonyl (C=O) groups excluding carboxylic acids is 1. The van der Waals surface area contributed by atoms with E-state index in [4.69, 9.17) is 0 Å². The lowest BCUT2D eigenvalue weighted by Gasteiger charge is -2.19. The molecule has 0 saturated heterocycles. The number of para-hydroxylation sites is 1. The van der Waals surface area contributed by atoms with E-state index in [-0.39, 0.29) is 5.78 Å². The van der Waals surface area contributed by atoms with E-state index < -0.39 is 0 Å². The Hall–Kier alpha value is -2.78. The third-order valence-electron chi connectivity index (χ3n) is 6.03. The second-order valence-electron chi connectivity index (χ2n) is 8.10. The van der Waals surface area contributed by atoms with Crippen LogP contribution >= 0.6 is 11.8 Å². The van der Waals surface area contributed by atoms with Crippen LogP contribution in [0.5, 0.6) is 0 Å². The first-order valence-corrected chi connectivity index (χ1v) is 12.0. The van der Waals surface area contributed by atoms with Crippen LogP contribution in [0.3, 0.4) is 0 Å². The van der Waals surface area contributed by atoms with Gasteiger partial charge < -0.3 is 4.57 Å². The van der Waals surface area contributed by atoms with Crippen molar-refractivity contribution in [3.63, 3.8) is 0 Å². The summed E-state index contributed by atoms with van der Waals surface area (Å²) >= 11 is 1.99. The van der Waals surface area contributed by atoms with Crippen molar-refractivity contribution in [3.05, 3.63) is 107 Å². The van der Waals surface area contributed by atoms with Gasteiger partial charge in [0.15, 0.2) is 5.78 Å². The summed E-state index contributed by atoms with van der Waals surface area (Å²) < 4.78 is 2.36. The third kappa shape index (κ3) is 4.47. The normalized spacial score (nSPS) is 13.3. The van der Waals surface area contributed by atoms with Crippen LogP contribution in [0.2, 0.25) is 0 Å². The zero-order valence-corrected chi connectivity index (χ0v) is 19.2. The van der Waals surface area contributed by atoms with E-state index in [1.807, 2.05) is 48.2 Å². The van der Waals surface area contributed by atoms with Crippen LogP contribution in [-0.4, -0.2) is 16.1 Å². The minimum absolute atomic E-state index is 0.104. The Morgan fingerprint density at radius 2 is 1.48 bits per heavy atom.